The van der Waals surface area contributed by atoms with Crippen molar-refractivity contribution in [3.8, 4) is 0 Å². The molecule has 2 rings (SSSR count). The van der Waals surface area contributed by atoms with E-state index in [-0.39, 0.29) is 40.5 Å². The number of nitrogens with one attached hydrogen (secondary N) is 2. The standard InChI is InChI=1S/C17H24Cl2N4O4S/c1-12(2)10-20-17(25)21-16(24)11-22-5-7-23(8-6-22)28(26,27)15-9-13(18)3-4-14(15)19/h3-4,9,12H,5-8,10-11H2,1-2H3,(H2,20,21,24,25). The Morgan fingerprint density at radius 2 is 1.79 bits per heavy atom. The van der Waals surface area contributed by atoms with E-state index in [2.05, 4.69) is 10.6 Å². The zero-order valence-corrected chi connectivity index (χ0v) is 18.1. The van der Waals surface area contributed by atoms with Gasteiger partial charge in [0.05, 0.1) is 11.6 Å². The number of urea groups is 1. The summed E-state index contributed by atoms with van der Waals surface area (Å²) in [5.41, 5.74) is 0. The highest BCUT2D eigenvalue weighted by molar-refractivity contribution is 7.89. The van der Waals surface area contributed by atoms with Crippen molar-refractivity contribution in [3.63, 3.8) is 0 Å². The predicted octanol–water partition coefficient (Wildman–Crippen LogP) is 1.78. The minimum atomic E-state index is -3.78. The summed E-state index contributed by atoms with van der Waals surface area (Å²) in [6, 6.07) is 3.77. The lowest BCUT2D eigenvalue weighted by Gasteiger charge is -2.33. The first-order chi connectivity index (χ1) is 13.1. The molecule has 1 heterocycles. The van der Waals surface area contributed by atoms with Crippen LogP contribution in [-0.2, 0) is 14.8 Å². The lowest BCUT2D eigenvalue weighted by molar-refractivity contribution is -0.121. The molecular weight excluding hydrogens is 427 g/mol. The number of amides is 3. The third-order valence-corrected chi connectivity index (χ3v) is 6.75. The summed E-state index contributed by atoms with van der Waals surface area (Å²) < 4.78 is 26.9. The van der Waals surface area contributed by atoms with Gasteiger partial charge in [-0.2, -0.15) is 4.31 Å². The van der Waals surface area contributed by atoms with Crippen LogP contribution in [0.1, 0.15) is 13.8 Å². The molecule has 0 bridgehead atoms. The Labute approximate surface area is 175 Å². The van der Waals surface area contributed by atoms with E-state index in [1.165, 1.54) is 22.5 Å². The normalized spacial score (nSPS) is 16.2. The first-order valence-corrected chi connectivity index (χ1v) is 11.0. The molecule has 156 valence electrons. The molecule has 1 aliphatic rings. The first kappa shape index (κ1) is 22.9. The van der Waals surface area contributed by atoms with Gasteiger partial charge >= 0.3 is 6.03 Å². The van der Waals surface area contributed by atoms with Crippen LogP contribution in [0.5, 0.6) is 0 Å². The largest absolute Gasteiger partial charge is 0.338 e. The smallest absolute Gasteiger partial charge is 0.321 e. The van der Waals surface area contributed by atoms with Crippen LogP contribution in [0.15, 0.2) is 23.1 Å². The number of halogens is 2. The Morgan fingerprint density at radius 3 is 2.39 bits per heavy atom. The Hall–Kier alpha value is -1.39. The van der Waals surface area contributed by atoms with Gasteiger partial charge < -0.3 is 5.32 Å². The van der Waals surface area contributed by atoms with Crippen molar-refractivity contribution >= 4 is 45.2 Å². The predicted molar refractivity (Wildman–Crippen MR) is 108 cm³/mol. The Balaban J connectivity index is 1.87. The molecule has 28 heavy (non-hydrogen) atoms. The molecule has 0 aliphatic carbocycles. The second-order valence-corrected chi connectivity index (χ2v) is 9.66. The van der Waals surface area contributed by atoms with Crippen molar-refractivity contribution in [2.75, 3.05) is 39.3 Å². The molecule has 8 nitrogen and oxygen atoms in total. The number of nitrogens with zero attached hydrogens (tertiary/aromatic N) is 2. The van der Waals surface area contributed by atoms with E-state index in [4.69, 9.17) is 23.2 Å². The molecule has 3 amide bonds. The van der Waals surface area contributed by atoms with Crippen LogP contribution in [0.2, 0.25) is 10.0 Å². The molecular formula is C17H24Cl2N4O4S. The van der Waals surface area contributed by atoms with E-state index in [9.17, 15) is 18.0 Å². The van der Waals surface area contributed by atoms with E-state index in [0.29, 0.717) is 19.6 Å². The molecule has 1 aromatic rings. The van der Waals surface area contributed by atoms with Crippen molar-refractivity contribution in [1.29, 1.82) is 0 Å². The minimum Gasteiger partial charge on any atom is -0.338 e. The second kappa shape index (κ2) is 9.89. The highest BCUT2D eigenvalue weighted by Gasteiger charge is 2.30. The van der Waals surface area contributed by atoms with Gasteiger partial charge in [-0.05, 0) is 24.1 Å². The molecule has 1 aromatic carbocycles. The number of benzene rings is 1. The van der Waals surface area contributed by atoms with Gasteiger partial charge in [-0.1, -0.05) is 37.0 Å². The van der Waals surface area contributed by atoms with Crippen molar-refractivity contribution in [2.24, 2.45) is 5.92 Å². The molecule has 0 spiro atoms. The summed E-state index contributed by atoms with van der Waals surface area (Å²) in [5.74, 6) is -0.153. The number of hydrogen-bond acceptors (Lipinski definition) is 5. The molecule has 1 saturated heterocycles. The molecule has 0 radical (unpaired) electrons. The summed E-state index contributed by atoms with van der Waals surface area (Å²) in [7, 11) is -3.78. The number of rotatable bonds is 6. The van der Waals surface area contributed by atoms with Crippen molar-refractivity contribution in [1.82, 2.24) is 19.8 Å². The van der Waals surface area contributed by atoms with Gasteiger partial charge in [0.1, 0.15) is 4.90 Å². The SMILES string of the molecule is CC(C)CNC(=O)NC(=O)CN1CCN(S(=O)(=O)c2cc(Cl)ccc2Cl)CC1. The zero-order valence-electron chi connectivity index (χ0n) is 15.7. The maximum absolute atomic E-state index is 12.8. The van der Waals surface area contributed by atoms with Crippen LogP contribution in [0.3, 0.4) is 0 Å². The molecule has 11 heteroatoms. The first-order valence-electron chi connectivity index (χ1n) is 8.85. The molecule has 0 atom stereocenters. The van der Waals surface area contributed by atoms with E-state index >= 15 is 0 Å². The molecule has 1 aliphatic heterocycles. The fourth-order valence-corrected chi connectivity index (χ4v) is 4.81. The zero-order chi connectivity index (χ0) is 20.9. The summed E-state index contributed by atoms with van der Waals surface area (Å²) in [6.07, 6.45) is 0. The Morgan fingerprint density at radius 1 is 1.14 bits per heavy atom. The quantitative estimate of drug-likeness (QED) is 0.687. The average molecular weight is 451 g/mol. The summed E-state index contributed by atoms with van der Waals surface area (Å²) in [4.78, 5) is 25.4. The van der Waals surface area contributed by atoms with Gasteiger partial charge in [-0.15, -0.1) is 0 Å². The van der Waals surface area contributed by atoms with E-state index in [1.54, 1.807) is 4.90 Å². The highest BCUT2D eigenvalue weighted by Crippen LogP contribution is 2.28. The average Bonchev–Trinajstić information content (AvgIpc) is 2.62. The van der Waals surface area contributed by atoms with Crippen LogP contribution >= 0.6 is 23.2 Å². The topological polar surface area (TPSA) is 98.8 Å². The van der Waals surface area contributed by atoms with Gasteiger partial charge in [0, 0.05) is 37.7 Å². The molecule has 1 fully saturated rings. The van der Waals surface area contributed by atoms with E-state index in [1.807, 2.05) is 13.8 Å². The van der Waals surface area contributed by atoms with Crippen LogP contribution in [0.25, 0.3) is 0 Å². The minimum absolute atomic E-state index is 0.0148. The fourth-order valence-electron chi connectivity index (χ4n) is 2.65. The summed E-state index contributed by atoms with van der Waals surface area (Å²) in [5, 5.41) is 5.27. The fraction of sp³-hybridized carbons (Fsp3) is 0.529. The van der Waals surface area contributed by atoms with Gasteiger partial charge in [-0.3, -0.25) is 15.0 Å². The highest BCUT2D eigenvalue weighted by atomic mass is 35.5. The van der Waals surface area contributed by atoms with Crippen LogP contribution < -0.4 is 10.6 Å². The lowest BCUT2D eigenvalue weighted by atomic mass is 10.2. The van der Waals surface area contributed by atoms with Crippen molar-refractivity contribution in [2.45, 2.75) is 18.7 Å². The third-order valence-electron chi connectivity index (χ3n) is 4.13. The molecule has 0 saturated carbocycles. The van der Waals surface area contributed by atoms with Crippen LogP contribution in [0.4, 0.5) is 4.79 Å². The van der Waals surface area contributed by atoms with Crippen molar-refractivity contribution < 1.29 is 18.0 Å². The summed E-state index contributed by atoms with van der Waals surface area (Å²) in [6.45, 7) is 5.52. The van der Waals surface area contributed by atoms with Crippen molar-refractivity contribution in [3.05, 3.63) is 28.2 Å². The van der Waals surface area contributed by atoms with E-state index in [0.717, 1.165) is 0 Å². The lowest BCUT2D eigenvalue weighted by Crippen LogP contribution is -2.52. The Kier molecular flexibility index (Phi) is 8.08. The van der Waals surface area contributed by atoms with Gasteiger partial charge in [0.2, 0.25) is 15.9 Å². The Bertz CT molecular complexity index is 824. The number of carbonyl (C=O) groups is 2. The molecule has 0 aromatic heterocycles. The number of sulfonamides is 1. The van der Waals surface area contributed by atoms with Gasteiger partial charge in [0.25, 0.3) is 0 Å². The van der Waals surface area contributed by atoms with Gasteiger partial charge in [-0.25, -0.2) is 13.2 Å². The van der Waals surface area contributed by atoms with Crippen LogP contribution in [0, 0.1) is 5.92 Å². The van der Waals surface area contributed by atoms with Crippen LogP contribution in [-0.4, -0.2) is 68.8 Å². The maximum Gasteiger partial charge on any atom is 0.321 e. The second-order valence-electron chi connectivity index (χ2n) is 6.91. The molecule has 2 N–H and O–H groups in total. The number of piperazine rings is 1. The third kappa shape index (κ3) is 6.31. The molecule has 0 unspecified atom stereocenters. The maximum atomic E-state index is 12.8. The van der Waals surface area contributed by atoms with Gasteiger partial charge in [0.15, 0.2) is 0 Å². The number of hydrogen-bond donors (Lipinski definition) is 2. The number of carbonyl (C=O) groups excluding carboxylic acids is 2. The monoisotopic (exact) mass is 450 g/mol. The summed E-state index contributed by atoms with van der Waals surface area (Å²) >= 11 is 11.9. The van der Waals surface area contributed by atoms with E-state index < -0.39 is 22.0 Å². The number of imide groups is 1.